The van der Waals surface area contributed by atoms with Crippen molar-refractivity contribution < 1.29 is 14.2 Å². The van der Waals surface area contributed by atoms with Crippen LogP contribution in [-0.2, 0) is 14.2 Å². The summed E-state index contributed by atoms with van der Waals surface area (Å²) in [5.41, 5.74) is 0. The van der Waals surface area contributed by atoms with Crippen LogP contribution in [0.2, 0.25) is 0 Å². The lowest BCUT2D eigenvalue weighted by atomic mass is 9.97. The molecule has 3 fully saturated rings. The van der Waals surface area contributed by atoms with Crippen molar-refractivity contribution in [3.05, 3.63) is 0 Å². The van der Waals surface area contributed by atoms with Gasteiger partial charge in [-0.3, -0.25) is 4.99 Å². The van der Waals surface area contributed by atoms with Crippen LogP contribution in [0.1, 0.15) is 45.4 Å². The molecule has 7 nitrogen and oxygen atoms in total. The Kier molecular flexibility index (Phi) is 10.00. The van der Waals surface area contributed by atoms with Crippen molar-refractivity contribution in [1.82, 2.24) is 15.1 Å². The summed E-state index contributed by atoms with van der Waals surface area (Å²) < 4.78 is 17.0. The van der Waals surface area contributed by atoms with Gasteiger partial charge < -0.3 is 29.3 Å². The van der Waals surface area contributed by atoms with E-state index in [2.05, 4.69) is 22.0 Å². The average molecular weight is 411 g/mol. The van der Waals surface area contributed by atoms with E-state index in [1.165, 1.54) is 32.4 Å². The van der Waals surface area contributed by atoms with Crippen molar-refractivity contribution in [3.63, 3.8) is 0 Å². The number of methoxy groups -OCH3 is 1. The molecule has 1 N–H and O–H groups in total. The maximum absolute atomic E-state index is 6.12. The van der Waals surface area contributed by atoms with Gasteiger partial charge in [-0.05, 0) is 64.5 Å². The van der Waals surface area contributed by atoms with Crippen LogP contribution in [0.3, 0.4) is 0 Å². The number of aliphatic imine (C=N–C) groups is 1. The molecule has 0 aromatic rings. The summed E-state index contributed by atoms with van der Waals surface area (Å²) in [4.78, 5) is 9.94. The highest BCUT2D eigenvalue weighted by Crippen LogP contribution is 2.19. The highest BCUT2D eigenvalue weighted by atomic mass is 16.5. The molecule has 29 heavy (non-hydrogen) atoms. The van der Waals surface area contributed by atoms with E-state index in [-0.39, 0.29) is 0 Å². The Morgan fingerprint density at radius 1 is 1.10 bits per heavy atom. The smallest absolute Gasteiger partial charge is 0.193 e. The molecule has 1 unspecified atom stereocenters. The van der Waals surface area contributed by atoms with Crippen molar-refractivity contribution in [2.24, 2.45) is 10.9 Å². The number of guanidine groups is 1. The zero-order valence-electron chi connectivity index (χ0n) is 18.6. The number of rotatable bonds is 9. The Balaban J connectivity index is 1.38. The van der Waals surface area contributed by atoms with Crippen LogP contribution in [-0.4, -0.2) is 101 Å². The maximum Gasteiger partial charge on any atom is 0.193 e. The van der Waals surface area contributed by atoms with E-state index in [9.17, 15) is 0 Å². The van der Waals surface area contributed by atoms with Crippen LogP contribution < -0.4 is 5.32 Å². The van der Waals surface area contributed by atoms with Crippen molar-refractivity contribution >= 4 is 5.96 Å². The van der Waals surface area contributed by atoms with Gasteiger partial charge in [-0.2, -0.15) is 0 Å². The molecular weight excluding hydrogens is 368 g/mol. The van der Waals surface area contributed by atoms with Gasteiger partial charge in [0, 0.05) is 46.4 Å². The predicted molar refractivity (Wildman–Crippen MR) is 117 cm³/mol. The molecule has 7 heteroatoms. The zero-order valence-corrected chi connectivity index (χ0v) is 18.6. The molecule has 0 amide bonds. The Bertz CT molecular complexity index is 469. The molecule has 3 aliphatic rings. The third-order valence-corrected chi connectivity index (χ3v) is 6.44. The number of nitrogens with zero attached hydrogens (tertiary/aromatic N) is 3. The molecule has 0 bridgehead atoms. The quantitative estimate of drug-likeness (QED) is 0.463. The molecule has 0 aromatic heterocycles. The fourth-order valence-electron chi connectivity index (χ4n) is 4.51. The summed E-state index contributed by atoms with van der Waals surface area (Å²) in [5.74, 6) is 1.79. The third-order valence-electron chi connectivity index (χ3n) is 6.44. The third kappa shape index (κ3) is 7.70. The first-order chi connectivity index (χ1) is 14.3. The second-order valence-corrected chi connectivity index (χ2v) is 8.63. The summed E-state index contributed by atoms with van der Waals surface area (Å²) in [6.07, 6.45) is 7.67. The Labute approximate surface area is 177 Å². The summed E-state index contributed by atoms with van der Waals surface area (Å²) >= 11 is 0. The number of nitrogens with one attached hydrogen (secondary N) is 1. The van der Waals surface area contributed by atoms with Gasteiger partial charge in [-0.1, -0.05) is 0 Å². The molecule has 1 atom stereocenters. The Hall–Kier alpha value is -0.890. The first-order valence-corrected chi connectivity index (χ1v) is 11.8. The van der Waals surface area contributed by atoms with Crippen LogP contribution in [0.25, 0.3) is 0 Å². The molecule has 0 spiro atoms. The normalized spacial score (nSPS) is 25.7. The van der Waals surface area contributed by atoms with Gasteiger partial charge in [-0.15, -0.1) is 0 Å². The summed E-state index contributed by atoms with van der Waals surface area (Å²) in [6, 6.07) is 0. The first kappa shape index (κ1) is 22.8. The molecule has 3 heterocycles. The SMILES string of the molecule is CCNC(=NCC1CCN(CCOC)CC1)N1CCC(OCC2CCCO2)CC1. The number of hydrogen-bond donors (Lipinski definition) is 1. The predicted octanol–water partition coefficient (Wildman–Crippen LogP) is 1.97. The fraction of sp³-hybridized carbons (Fsp3) is 0.955. The molecule has 0 radical (unpaired) electrons. The lowest BCUT2D eigenvalue weighted by molar-refractivity contribution is -0.0367. The van der Waals surface area contributed by atoms with E-state index >= 15 is 0 Å². The molecule has 0 aliphatic carbocycles. The first-order valence-electron chi connectivity index (χ1n) is 11.8. The Morgan fingerprint density at radius 2 is 1.90 bits per heavy atom. The molecule has 0 aromatic carbocycles. The molecule has 0 saturated carbocycles. The summed E-state index contributed by atoms with van der Waals surface area (Å²) in [5, 5.41) is 3.51. The molecule has 3 saturated heterocycles. The van der Waals surface area contributed by atoms with Crippen LogP contribution in [0.15, 0.2) is 4.99 Å². The highest BCUT2D eigenvalue weighted by Gasteiger charge is 2.25. The minimum Gasteiger partial charge on any atom is -0.383 e. The van der Waals surface area contributed by atoms with Gasteiger partial charge in [0.2, 0.25) is 0 Å². The van der Waals surface area contributed by atoms with Crippen LogP contribution in [0.5, 0.6) is 0 Å². The zero-order chi connectivity index (χ0) is 20.3. The minimum atomic E-state index is 0.327. The second kappa shape index (κ2) is 12.7. The number of ether oxygens (including phenoxy) is 3. The number of hydrogen-bond acceptors (Lipinski definition) is 5. The van der Waals surface area contributed by atoms with Crippen molar-refractivity contribution in [2.75, 3.05) is 72.7 Å². The van der Waals surface area contributed by atoms with Gasteiger partial charge >= 0.3 is 0 Å². The van der Waals surface area contributed by atoms with Crippen LogP contribution in [0, 0.1) is 5.92 Å². The summed E-state index contributed by atoms with van der Waals surface area (Å²) in [7, 11) is 1.78. The van der Waals surface area contributed by atoms with E-state index < -0.39 is 0 Å². The van der Waals surface area contributed by atoms with E-state index in [1.807, 2.05) is 0 Å². The highest BCUT2D eigenvalue weighted by molar-refractivity contribution is 5.80. The van der Waals surface area contributed by atoms with E-state index in [0.717, 1.165) is 77.8 Å². The molecule has 3 rings (SSSR count). The average Bonchev–Trinajstić information content (AvgIpc) is 3.29. The number of piperidine rings is 2. The van der Waals surface area contributed by atoms with Crippen molar-refractivity contribution in [1.29, 1.82) is 0 Å². The molecule has 3 aliphatic heterocycles. The monoisotopic (exact) mass is 410 g/mol. The van der Waals surface area contributed by atoms with Gasteiger partial charge in [0.1, 0.15) is 0 Å². The lowest BCUT2D eigenvalue weighted by Crippen LogP contribution is -2.47. The van der Waals surface area contributed by atoms with Crippen molar-refractivity contribution in [2.45, 2.75) is 57.7 Å². The topological polar surface area (TPSA) is 58.6 Å². The van der Waals surface area contributed by atoms with Crippen LogP contribution >= 0.6 is 0 Å². The lowest BCUT2D eigenvalue weighted by Gasteiger charge is -2.35. The number of likely N-dealkylation sites (tertiary alicyclic amines) is 2. The van der Waals surface area contributed by atoms with Crippen LogP contribution in [0.4, 0.5) is 0 Å². The van der Waals surface area contributed by atoms with Gasteiger partial charge in [0.25, 0.3) is 0 Å². The minimum absolute atomic E-state index is 0.327. The van der Waals surface area contributed by atoms with E-state index in [4.69, 9.17) is 19.2 Å². The van der Waals surface area contributed by atoms with Crippen molar-refractivity contribution in [3.8, 4) is 0 Å². The van der Waals surface area contributed by atoms with E-state index in [0.29, 0.717) is 18.1 Å². The van der Waals surface area contributed by atoms with Gasteiger partial charge in [0.05, 0.1) is 25.4 Å². The van der Waals surface area contributed by atoms with Gasteiger partial charge in [-0.25, -0.2) is 0 Å². The fourth-order valence-corrected chi connectivity index (χ4v) is 4.51. The Morgan fingerprint density at radius 3 is 2.55 bits per heavy atom. The second-order valence-electron chi connectivity index (χ2n) is 8.63. The standard InChI is InChI=1S/C22H42N4O3/c1-3-23-22(24-17-19-6-10-25(11-7-19)14-16-27-2)26-12-8-20(9-13-26)29-18-21-5-4-15-28-21/h19-21H,3-18H2,1-2H3,(H,23,24). The summed E-state index contributed by atoms with van der Waals surface area (Å²) in [6.45, 7) is 12.0. The maximum atomic E-state index is 6.12. The largest absolute Gasteiger partial charge is 0.383 e. The van der Waals surface area contributed by atoms with E-state index in [1.54, 1.807) is 7.11 Å². The van der Waals surface area contributed by atoms with Gasteiger partial charge in [0.15, 0.2) is 5.96 Å². The molecule has 168 valence electrons. The molecular formula is C22H42N4O3.